The van der Waals surface area contributed by atoms with E-state index < -0.39 is 23.6 Å². The zero-order valence-electron chi connectivity index (χ0n) is 20.2. The van der Waals surface area contributed by atoms with Gasteiger partial charge in [-0.2, -0.15) is 0 Å². The number of rotatable bonds is 8. The number of carboxylic acids is 1. The third-order valence-electron chi connectivity index (χ3n) is 6.92. The summed E-state index contributed by atoms with van der Waals surface area (Å²) in [6.07, 6.45) is 1.43. The molecule has 186 valence electrons. The van der Waals surface area contributed by atoms with Crippen LogP contribution < -0.4 is 5.32 Å². The molecule has 0 aromatic heterocycles. The van der Waals surface area contributed by atoms with Gasteiger partial charge in [0.15, 0.2) is 0 Å². The number of nitrogens with zero attached hydrogens (tertiary/aromatic N) is 1. The van der Waals surface area contributed by atoms with Gasteiger partial charge in [-0.1, -0.05) is 48.5 Å². The van der Waals surface area contributed by atoms with E-state index in [2.05, 4.69) is 17.4 Å². The molecule has 1 aliphatic carbocycles. The number of hydrogen-bond donors (Lipinski definition) is 2. The van der Waals surface area contributed by atoms with Gasteiger partial charge in [0.05, 0.1) is 13.0 Å². The Morgan fingerprint density at radius 3 is 2.29 bits per heavy atom. The number of piperidine rings is 1. The van der Waals surface area contributed by atoms with Crippen LogP contribution in [0.3, 0.4) is 0 Å². The molecule has 2 N–H and O–H groups in total. The predicted molar refractivity (Wildman–Crippen MR) is 130 cm³/mol. The predicted octanol–water partition coefficient (Wildman–Crippen LogP) is 3.79. The van der Waals surface area contributed by atoms with E-state index in [4.69, 9.17) is 9.47 Å². The van der Waals surface area contributed by atoms with Crippen LogP contribution in [-0.4, -0.2) is 66.4 Å². The standard InChI is InChI=1S/C27H32N2O6/c1-27(17-34-2,25(32)29-14-8-7-9-18(29)15-24(30)31)28-26(33)35-16-23-21-12-5-3-10-19(21)20-11-4-6-13-22(20)23/h3-6,10-13,18,23H,7-9,14-17H2,1-2H3,(H,28,33)(H,30,31). The number of ether oxygens (including phenoxy) is 2. The van der Waals surface area contributed by atoms with Gasteiger partial charge in [0.1, 0.15) is 12.1 Å². The van der Waals surface area contributed by atoms with Crippen LogP contribution in [-0.2, 0) is 19.1 Å². The smallest absolute Gasteiger partial charge is 0.408 e. The van der Waals surface area contributed by atoms with Crippen molar-refractivity contribution in [3.63, 3.8) is 0 Å². The Labute approximate surface area is 205 Å². The second kappa shape index (κ2) is 10.5. The summed E-state index contributed by atoms with van der Waals surface area (Å²) < 4.78 is 10.9. The van der Waals surface area contributed by atoms with Crippen molar-refractivity contribution in [1.82, 2.24) is 10.2 Å². The molecule has 1 saturated heterocycles. The number of benzene rings is 2. The second-order valence-corrected chi connectivity index (χ2v) is 9.46. The van der Waals surface area contributed by atoms with Crippen molar-refractivity contribution in [3.05, 3.63) is 59.7 Å². The first-order chi connectivity index (χ1) is 16.8. The molecule has 1 heterocycles. The highest BCUT2D eigenvalue weighted by atomic mass is 16.5. The van der Waals surface area contributed by atoms with Gasteiger partial charge in [-0.3, -0.25) is 9.59 Å². The summed E-state index contributed by atoms with van der Waals surface area (Å²) in [4.78, 5) is 39.3. The lowest BCUT2D eigenvalue weighted by atomic mass is 9.94. The Bertz CT molecular complexity index is 1060. The van der Waals surface area contributed by atoms with Gasteiger partial charge in [-0.25, -0.2) is 4.79 Å². The summed E-state index contributed by atoms with van der Waals surface area (Å²) in [5, 5.41) is 12.0. The van der Waals surface area contributed by atoms with Gasteiger partial charge in [-0.15, -0.1) is 0 Å². The maximum absolute atomic E-state index is 13.5. The Kier molecular flexibility index (Phi) is 7.40. The highest BCUT2D eigenvalue weighted by Gasteiger charge is 2.42. The number of fused-ring (bicyclic) bond motifs is 3. The second-order valence-electron chi connectivity index (χ2n) is 9.46. The van der Waals surface area contributed by atoms with Gasteiger partial charge in [-0.05, 0) is 48.4 Å². The SMILES string of the molecule is COCC(C)(NC(=O)OCC1c2ccccc2-c2ccccc21)C(=O)N1CCCCC1CC(=O)O. The molecule has 0 saturated carbocycles. The molecule has 4 rings (SSSR count). The van der Waals surface area contributed by atoms with E-state index in [-0.39, 0.29) is 31.5 Å². The van der Waals surface area contributed by atoms with Gasteiger partial charge >= 0.3 is 12.1 Å². The van der Waals surface area contributed by atoms with Crippen molar-refractivity contribution in [3.8, 4) is 11.1 Å². The molecular formula is C27H32N2O6. The minimum absolute atomic E-state index is 0.0632. The zero-order valence-corrected chi connectivity index (χ0v) is 20.2. The Balaban J connectivity index is 1.46. The number of carbonyl (C=O) groups is 3. The Morgan fingerprint density at radius 2 is 1.69 bits per heavy atom. The van der Waals surface area contributed by atoms with Crippen LogP contribution in [0.4, 0.5) is 4.79 Å². The third-order valence-corrected chi connectivity index (χ3v) is 6.92. The summed E-state index contributed by atoms with van der Waals surface area (Å²) in [5.74, 6) is -1.41. The first-order valence-electron chi connectivity index (χ1n) is 12.0. The monoisotopic (exact) mass is 480 g/mol. The quantitative estimate of drug-likeness (QED) is 0.596. The highest BCUT2D eigenvalue weighted by Crippen LogP contribution is 2.44. The molecule has 8 heteroatoms. The van der Waals surface area contributed by atoms with Gasteiger partial charge in [0.2, 0.25) is 0 Å². The summed E-state index contributed by atoms with van der Waals surface area (Å²) in [5.41, 5.74) is 3.08. The number of amides is 2. The van der Waals surface area contributed by atoms with Crippen LogP contribution in [0.15, 0.2) is 48.5 Å². The summed E-state index contributed by atoms with van der Waals surface area (Å²) in [7, 11) is 1.45. The van der Waals surface area contributed by atoms with Gasteiger partial charge in [0.25, 0.3) is 5.91 Å². The van der Waals surface area contributed by atoms with Crippen molar-refractivity contribution >= 4 is 18.0 Å². The third kappa shape index (κ3) is 5.17. The maximum Gasteiger partial charge on any atom is 0.408 e. The van der Waals surface area contributed by atoms with E-state index in [1.165, 1.54) is 7.11 Å². The van der Waals surface area contributed by atoms with Crippen molar-refractivity contribution in [1.29, 1.82) is 0 Å². The van der Waals surface area contributed by atoms with Crippen molar-refractivity contribution < 1.29 is 29.0 Å². The molecule has 35 heavy (non-hydrogen) atoms. The van der Waals surface area contributed by atoms with Crippen LogP contribution in [0.1, 0.15) is 49.7 Å². The molecule has 2 aromatic rings. The van der Waals surface area contributed by atoms with E-state index in [1.54, 1.807) is 11.8 Å². The normalized spacial score (nSPS) is 18.8. The first-order valence-corrected chi connectivity index (χ1v) is 12.0. The number of carboxylic acid groups (broad SMARTS) is 1. The van der Waals surface area contributed by atoms with E-state index in [9.17, 15) is 19.5 Å². The average molecular weight is 481 g/mol. The van der Waals surface area contributed by atoms with E-state index in [1.807, 2.05) is 36.4 Å². The fraction of sp³-hybridized carbons (Fsp3) is 0.444. The molecule has 2 amide bonds. The van der Waals surface area contributed by atoms with Crippen LogP contribution in [0.2, 0.25) is 0 Å². The minimum atomic E-state index is -1.38. The minimum Gasteiger partial charge on any atom is -0.481 e. The largest absolute Gasteiger partial charge is 0.481 e. The van der Waals surface area contributed by atoms with E-state index in [0.29, 0.717) is 13.0 Å². The summed E-state index contributed by atoms with van der Waals surface area (Å²) in [6, 6.07) is 15.7. The topological polar surface area (TPSA) is 105 Å². The maximum atomic E-state index is 13.5. The number of hydrogen-bond acceptors (Lipinski definition) is 5. The molecule has 2 unspecified atom stereocenters. The van der Waals surface area contributed by atoms with Crippen molar-refractivity contribution in [2.24, 2.45) is 0 Å². The average Bonchev–Trinajstić information content (AvgIpc) is 3.16. The van der Waals surface area contributed by atoms with Crippen LogP contribution in [0.5, 0.6) is 0 Å². The fourth-order valence-corrected chi connectivity index (χ4v) is 5.30. The van der Waals surface area contributed by atoms with E-state index >= 15 is 0 Å². The number of aliphatic carboxylic acids is 1. The highest BCUT2D eigenvalue weighted by molar-refractivity contribution is 5.90. The molecule has 1 fully saturated rings. The lowest BCUT2D eigenvalue weighted by molar-refractivity contribution is -0.146. The number of methoxy groups -OCH3 is 1. The molecule has 0 radical (unpaired) electrons. The van der Waals surface area contributed by atoms with Crippen molar-refractivity contribution in [2.75, 3.05) is 26.9 Å². The molecule has 0 spiro atoms. The van der Waals surface area contributed by atoms with Gasteiger partial charge in [0, 0.05) is 25.6 Å². The molecule has 8 nitrogen and oxygen atoms in total. The molecule has 2 atom stereocenters. The Morgan fingerprint density at radius 1 is 1.06 bits per heavy atom. The lowest BCUT2D eigenvalue weighted by Gasteiger charge is -2.40. The zero-order chi connectivity index (χ0) is 25.0. The van der Waals surface area contributed by atoms with Gasteiger partial charge < -0.3 is 24.8 Å². The number of alkyl carbamates (subject to hydrolysis) is 1. The summed E-state index contributed by atoms with van der Waals surface area (Å²) >= 11 is 0. The van der Waals surface area contributed by atoms with Crippen molar-refractivity contribution in [2.45, 2.75) is 50.1 Å². The molecule has 2 aliphatic rings. The number of likely N-dealkylation sites (tertiary alicyclic amines) is 1. The molecule has 2 aromatic carbocycles. The lowest BCUT2D eigenvalue weighted by Crippen LogP contribution is -2.63. The Hall–Kier alpha value is -3.39. The molecular weight excluding hydrogens is 448 g/mol. The number of nitrogens with one attached hydrogen (secondary N) is 1. The van der Waals surface area contributed by atoms with Crippen LogP contribution in [0, 0.1) is 0 Å². The van der Waals surface area contributed by atoms with Crippen LogP contribution >= 0.6 is 0 Å². The molecule has 1 aliphatic heterocycles. The number of carbonyl (C=O) groups excluding carboxylic acids is 2. The van der Waals surface area contributed by atoms with Crippen LogP contribution in [0.25, 0.3) is 11.1 Å². The summed E-state index contributed by atoms with van der Waals surface area (Å²) in [6.45, 7) is 2.10. The fourth-order valence-electron chi connectivity index (χ4n) is 5.30. The first kappa shape index (κ1) is 24.7. The van der Waals surface area contributed by atoms with E-state index in [0.717, 1.165) is 35.1 Å². The molecule has 0 bridgehead atoms.